The van der Waals surface area contributed by atoms with Crippen LogP contribution in [0, 0.1) is 5.92 Å². The maximum absolute atomic E-state index is 13.3. The molecule has 0 aliphatic rings. The summed E-state index contributed by atoms with van der Waals surface area (Å²) in [5.74, 6) is -2.22. The van der Waals surface area contributed by atoms with E-state index in [-0.39, 0.29) is 18.7 Å². The summed E-state index contributed by atoms with van der Waals surface area (Å²) in [7, 11) is 3.25. The molecule has 0 fully saturated rings. The fourth-order valence-electron chi connectivity index (χ4n) is 3.61. The Morgan fingerprint density at radius 1 is 1.15 bits per heavy atom. The van der Waals surface area contributed by atoms with Crippen molar-refractivity contribution in [2.24, 2.45) is 11.0 Å². The molecule has 1 heterocycles. The summed E-state index contributed by atoms with van der Waals surface area (Å²) in [5.41, 5.74) is 10.2. The van der Waals surface area contributed by atoms with Gasteiger partial charge in [0.25, 0.3) is 0 Å². The Hall–Kier alpha value is -4.17. The summed E-state index contributed by atoms with van der Waals surface area (Å²) in [6, 6.07) is 12.6. The van der Waals surface area contributed by atoms with Gasteiger partial charge in [0, 0.05) is 43.7 Å². The van der Waals surface area contributed by atoms with Crippen molar-refractivity contribution in [3.8, 4) is 0 Å². The zero-order chi connectivity index (χ0) is 23.8. The summed E-state index contributed by atoms with van der Waals surface area (Å²) >= 11 is 0. The molecule has 0 spiro atoms. The molecule has 2 aromatic carbocycles. The second-order valence-electron chi connectivity index (χ2n) is 7.90. The Labute approximate surface area is 190 Å². The van der Waals surface area contributed by atoms with Gasteiger partial charge in [-0.2, -0.15) is 0 Å². The Balaban J connectivity index is 1.87. The van der Waals surface area contributed by atoms with Gasteiger partial charge in [-0.15, -0.1) is 0 Å². The molecule has 10 heteroatoms. The maximum atomic E-state index is 13.3. The average molecular weight is 447 g/mol. The summed E-state index contributed by atoms with van der Waals surface area (Å²) in [6.45, 7) is 0. The number of amides is 3. The first-order valence-electron chi connectivity index (χ1n) is 10.4. The van der Waals surface area contributed by atoms with Crippen LogP contribution < -0.4 is 5.32 Å². The van der Waals surface area contributed by atoms with E-state index in [0.717, 1.165) is 16.3 Å². The number of carbonyl (C=O) groups excluding carboxylic acids is 3. The molecule has 33 heavy (non-hydrogen) atoms. The van der Waals surface area contributed by atoms with Crippen molar-refractivity contribution in [1.82, 2.24) is 20.2 Å². The molecule has 3 aromatic rings. The van der Waals surface area contributed by atoms with Crippen LogP contribution in [0.25, 0.3) is 21.2 Å². The van der Waals surface area contributed by atoms with Gasteiger partial charge in [-0.3, -0.25) is 14.4 Å². The SMILES string of the molecule is CN(C)C(=O)CC(Cc1cccc2ccccc12)C(=O)N[C@@H](Cc1cnc[nH]1)C(=O)N=[N+]=[N-]. The van der Waals surface area contributed by atoms with Crippen molar-refractivity contribution >= 4 is 28.5 Å². The van der Waals surface area contributed by atoms with E-state index in [9.17, 15) is 14.4 Å². The molecular weight excluding hydrogens is 422 g/mol. The second-order valence-corrected chi connectivity index (χ2v) is 7.90. The lowest BCUT2D eigenvalue weighted by molar-refractivity contribution is -0.135. The Morgan fingerprint density at radius 2 is 1.91 bits per heavy atom. The first-order chi connectivity index (χ1) is 15.9. The van der Waals surface area contributed by atoms with E-state index in [0.29, 0.717) is 12.1 Å². The molecule has 0 bridgehead atoms. The van der Waals surface area contributed by atoms with E-state index in [2.05, 4.69) is 25.3 Å². The molecule has 0 aliphatic heterocycles. The minimum atomic E-state index is -1.08. The number of imidazole rings is 1. The van der Waals surface area contributed by atoms with Gasteiger partial charge in [0.15, 0.2) is 0 Å². The van der Waals surface area contributed by atoms with E-state index >= 15 is 0 Å². The number of azide groups is 1. The highest BCUT2D eigenvalue weighted by Gasteiger charge is 2.28. The van der Waals surface area contributed by atoms with Gasteiger partial charge in [-0.1, -0.05) is 42.5 Å². The predicted molar refractivity (Wildman–Crippen MR) is 123 cm³/mol. The van der Waals surface area contributed by atoms with E-state index < -0.39 is 23.8 Å². The molecule has 3 amide bonds. The Bertz CT molecular complexity index is 1180. The standard InChI is InChI=1S/C23H25N7O3/c1-30(2)21(31)11-17(10-16-8-5-7-15-6-3-4-9-19(15)16)22(32)27-20(23(33)28-29-24)12-18-13-25-14-26-18/h3-9,13-14,17,20H,10-12H2,1-2H3,(H,25,26)(H,27,32)/t17?,20-/m0/s1. The van der Waals surface area contributed by atoms with Crippen LogP contribution in [0.5, 0.6) is 0 Å². The normalized spacial score (nSPS) is 12.4. The van der Waals surface area contributed by atoms with E-state index in [4.69, 9.17) is 5.53 Å². The van der Waals surface area contributed by atoms with Crippen LogP contribution in [0.4, 0.5) is 0 Å². The number of hydrogen-bond acceptors (Lipinski definition) is 4. The van der Waals surface area contributed by atoms with Gasteiger partial charge in [0.1, 0.15) is 0 Å². The number of nitrogens with one attached hydrogen (secondary N) is 2. The van der Waals surface area contributed by atoms with E-state index in [1.807, 2.05) is 42.5 Å². The molecule has 0 radical (unpaired) electrons. The number of hydrogen-bond donors (Lipinski definition) is 2. The number of nitrogens with zero attached hydrogens (tertiary/aromatic N) is 5. The third-order valence-corrected chi connectivity index (χ3v) is 5.37. The van der Waals surface area contributed by atoms with Crippen LogP contribution in [0.15, 0.2) is 60.1 Å². The van der Waals surface area contributed by atoms with Gasteiger partial charge < -0.3 is 15.2 Å². The molecule has 0 aliphatic carbocycles. The maximum Gasteiger partial charge on any atom is 0.241 e. The number of H-pyrrole nitrogens is 1. The van der Waals surface area contributed by atoms with Crippen LogP contribution in [0.3, 0.4) is 0 Å². The first kappa shape index (κ1) is 23.5. The smallest absolute Gasteiger partial charge is 0.241 e. The predicted octanol–water partition coefficient (Wildman–Crippen LogP) is 2.76. The average Bonchev–Trinajstić information content (AvgIpc) is 3.31. The molecule has 170 valence electrons. The largest absolute Gasteiger partial charge is 0.349 e. The van der Waals surface area contributed by atoms with Gasteiger partial charge in [-0.25, -0.2) is 4.98 Å². The Morgan fingerprint density at radius 3 is 2.61 bits per heavy atom. The molecule has 10 nitrogen and oxygen atoms in total. The third kappa shape index (κ3) is 6.18. The Kier molecular flexibility index (Phi) is 7.77. The summed E-state index contributed by atoms with van der Waals surface area (Å²) in [6.07, 6.45) is 3.32. The first-order valence-corrected chi connectivity index (χ1v) is 10.4. The van der Waals surface area contributed by atoms with E-state index in [1.165, 1.54) is 17.4 Å². The van der Waals surface area contributed by atoms with Gasteiger partial charge in [-0.05, 0) is 33.4 Å². The molecule has 0 saturated carbocycles. The quantitative estimate of drug-likeness (QED) is 0.295. The van der Waals surface area contributed by atoms with Crippen molar-refractivity contribution in [2.45, 2.75) is 25.3 Å². The lowest BCUT2D eigenvalue weighted by Gasteiger charge is -2.22. The fourth-order valence-corrected chi connectivity index (χ4v) is 3.61. The monoisotopic (exact) mass is 447 g/mol. The number of benzene rings is 2. The number of aromatic amines is 1. The third-order valence-electron chi connectivity index (χ3n) is 5.37. The minimum Gasteiger partial charge on any atom is -0.349 e. The van der Waals surface area contributed by atoms with Crippen LogP contribution in [-0.2, 0) is 27.2 Å². The van der Waals surface area contributed by atoms with Crippen molar-refractivity contribution < 1.29 is 14.4 Å². The molecule has 3 rings (SSSR count). The lowest BCUT2D eigenvalue weighted by Crippen LogP contribution is -2.45. The zero-order valence-electron chi connectivity index (χ0n) is 18.4. The van der Waals surface area contributed by atoms with Crippen molar-refractivity contribution in [2.75, 3.05) is 14.1 Å². The van der Waals surface area contributed by atoms with Gasteiger partial charge >= 0.3 is 0 Å². The van der Waals surface area contributed by atoms with Crippen molar-refractivity contribution in [3.05, 3.63) is 76.7 Å². The highest BCUT2D eigenvalue weighted by Crippen LogP contribution is 2.23. The highest BCUT2D eigenvalue weighted by molar-refractivity contribution is 5.92. The van der Waals surface area contributed by atoms with Crippen LogP contribution in [0.1, 0.15) is 17.7 Å². The van der Waals surface area contributed by atoms with Crippen molar-refractivity contribution in [1.29, 1.82) is 0 Å². The molecule has 2 N–H and O–H groups in total. The summed E-state index contributed by atoms with van der Waals surface area (Å²) in [4.78, 5) is 48.9. The zero-order valence-corrected chi connectivity index (χ0v) is 18.4. The highest BCUT2D eigenvalue weighted by atomic mass is 16.2. The number of fused-ring (bicyclic) bond motifs is 1. The van der Waals surface area contributed by atoms with E-state index in [1.54, 1.807) is 14.1 Å². The summed E-state index contributed by atoms with van der Waals surface area (Å²) in [5, 5.41) is 7.86. The minimum absolute atomic E-state index is 0.0332. The fraction of sp³-hybridized carbons (Fsp3) is 0.304. The number of aromatic nitrogens is 2. The molecule has 1 unspecified atom stereocenters. The van der Waals surface area contributed by atoms with Gasteiger partial charge in [0.2, 0.25) is 17.7 Å². The number of carbonyl (C=O) groups is 3. The van der Waals surface area contributed by atoms with Gasteiger partial charge in [0.05, 0.1) is 18.3 Å². The van der Waals surface area contributed by atoms with Crippen LogP contribution in [-0.4, -0.2) is 52.7 Å². The summed E-state index contributed by atoms with van der Waals surface area (Å²) < 4.78 is 0. The molecule has 2 atom stereocenters. The second kappa shape index (κ2) is 10.9. The lowest BCUT2D eigenvalue weighted by atomic mass is 9.91. The number of rotatable bonds is 9. The van der Waals surface area contributed by atoms with Crippen LogP contribution in [0.2, 0.25) is 0 Å². The van der Waals surface area contributed by atoms with Crippen molar-refractivity contribution in [3.63, 3.8) is 0 Å². The topological polar surface area (TPSA) is 144 Å². The van der Waals surface area contributed by atoms with Crippen LogP contribution >= 0.6 is 0 Å². The molecule has 1 aromatic heterocycles. The molecule has 0 saturated heterocycles. The molecular formula is C23H25N7O3.